The second kappa shape index (κ2) is 5.06. The molecule has 3 aromatic rings. The van der Waals surface area contributed by atoms with E-state index in [0.717, 1.165) is 15.2 Å². The Bertz CT molecular complexity index is 842. The Morgan fingerprint density at radius 1 is 1.29 bits per heavy atom. The molecule has 6 heteroatoms. The Kier molecular flexibility index (Phi) is 3.23. The van der Waals surface area contributed by atoms with Gasteiger partial charge >= 0.3 is 0 Å². The number of benzene rings is 2. The molecule has 106 valence electrons. The summed E-state index contributed by atoms with van der Waals surface area (Å²) < 4.78 is 1.01. The normalized spacial score (nSPS) is 10.7. The zero-order valence-corrected chi connectivity index (χ0v) is 12.1. The molecule has 0 radical (unpaired) electrons. The fourth-order valence-corrected chi connectivity index (χ4v) is 2.92. The lowest BCUT2D eigenvalue weighted by atomic mass is 10.1. The number of nitrogens with one attached hydrogen (secondary N) is 1. The van der Waals surface area contributed by atoms with E-state index in [2.05, 4.69) is 10.3 Å². The summed E-state index contributed by atoms with van der Waals surface area (Å²) in [6, 6.07) is 9.81. The molecule has 0 fully saturated rings. The van der Waals surface area contributed by atoms with Crippen molar-refractivity contribution >= 4 is 38.8 Å². The zero-order chi connectivity index (χ0) is 15.0. The first-order chi connectivity index (χ1) is 10.0. The van der Waals surface area contributed by atoms with Crippen molar-refractivity contribution in [3.8, 4) is 5.75 Å². The van der Waals surface area contributed by atoms with Gasteiger partial charge in [0.05, 0.1) is 20.8 Å². The van der Waals surface area contributed by atoms with Gasteiger partial charge in [0.15, 0.2) is 0 Å². The standard InChI is InChI=1S/C15H13N3O2S/c1-8-17-13-5-2-9(6-14(13)21-8)18-15(20)11-7-10(19)3-4-12(11)16/h2-7,19H,16H2,1H3,(H,18,20). The lowest BCUT2D eigenvalue weighted by molar-refractivity contribution is 0.102. The first kappa shape index (κ1) is 13.4. The smallest absolute Gasteiger partial charge is 0.257 e. The topological polar surface area (TPSA) is 88.2 Å². The summed E-state index contributed by atoms with van der Waals surface area (Å²) in [5.74, 6) is -0.355. The first-order valence-electron chi connectivity index (χ1n) is 6.30. The summed E-state index contributed by atoms with van der Waals surface area (Å²) >= 11 is 1.57. The molecule has 5 nitrogen and oxygen atoms in total. The fraction of sp³-hybridized carbons (Fsp3) is 0.0667. The number of thiazole rings is 1. The SMILES string of the molecule is Cc1nc2ccc(NC(=O)c3cc(O)ccc3N)cc2s1. The van der Waals surface area contributed by atoms with Crippen LogP contribution in [0.2, 0.25) is 0 Å². The number of phenolic OH excluding ortho intramolecular Hbond substituents is 1. The number of carbonyl (C=O) groups excluding carboxylic acids is 1. The van der Waals surface area contributed by atoms with Crippen LogP contribution in [0.4, 0.5) is 11.4 Å². The number of hydrogen-bond donors (Lipinski definition) is 3. The number of aryl methyl sites for hydroxylation is 1. The van der Waals surface area contributed by atoms with E-state index in [1.807, 2.05) is 19.1 Å². The van der Waals surface area contributed by atoms with Crippen LogP contribution in [0.25, 0.3) is 10.2 Å². The predicted molar refractivity (Wildman–Crippen MR) is 84.8 cm³/mol. The van der Waals surface area contributed by atoms with Crippen LogP contribution in [0.1, 0.15) is 15.4 Å². The molecule has 0 aliphatic carbocycles. The first-order valence-corrected chi connectivity index (χ1v) is 7.11. The number of aromatic nitrogens is 1. The summed E-state index contributed by atoms with van der Waals surface area (Å²) in [4.78, 5) is 16.6. The summed E-state index contributed by atoms with van der Waals surface area (Å²) in [6.45, 7) is 1.94. The molecule has 0 aliphatic heterocycles. The monoisotopic (exact) mass is 299 g/mol. The lowest BCUT2D eigenvalue weighted by Crippen LogP contribution is -2.13. The Morgan fingerprint density at radius 2 is 2.10 bits per heavy atom. The molecule has 0 saturated heterocycles. The number of phenols is 1. The maximum absolute atomic E-state index is 12.2. The molecule has 2 aromatic carbocycles. The van der Waals surface area contributed by atoms with Crippen molar-refractivity contribution in [2.24, 2.45) is 0 Å². The minimum Gasteiger partial charge on any atom is -0.508 e. The number of aromatic hydroxyl groups is 1. The van der Waals surface area contributed by atoms with Crippen LogP contribution >= 0.6 is 11.3 Å². The molecule has 4 N–H and O–H groups in total. The van der Waals surface area contributed by atoms with Crippen molar-refractivity contribution in [2.75, 3.05) is 11.1 Å². The Hall–Kier alpha value is -2.60. The van der Waals surface area contributed by atoms with E-state index < -0.39 is 0 Å². The van der Waals surface area contributed by atoms with Crippen LogP contribution < -0.4 is 11.1 Å². The minimum absolute atomic E-state index is 0.00267. The van der Waals surface area contributed by atoms with Gasteiger partial charge in [-0.15, -0.1) is 11.3 Å². The van der Waals surface area contributed by atoms with E-state index in [1.165, 1.54) is 18.2 Å². The summed E-state index contributed by atoms with van der Waals surface area (Å²) in [6.07, 6.45) is 0. The van der Waals surface area contributed by atoms with Gasteiger partial charge in [0.1, 0.15) is 5.75 Å². The van der Waals surface area contributed by atoms with E-state index >= 15 is 0 Å². The maximum Gasteiger partial charge on any atom is 0.257 e. The van der Waals surface area contributed by atoms with Gasteiger partial charge in [0.25, 0.3) is 5.91 Å². The molecule has 0 bridgehead atoms. The van der Waals surface area contributed by atoms with Crippen molar-refractivity contribution in [3.63, 3.8) is 0 Å². The molecule has 0 spiro atoms. The lowest BCUT2D eigenvalue weighted by Gasteiger charge is -2.08. The maximum atomic E-state index is 12.2. The van der Waals surface area contributed by atoms with E-state index in [9.17, 15) is 9.90 Å². The van der Waals surface area contributed by atoms with Crippen LogP contribution in [-0.2, 0) is 0 Å². The summed E-state index contributed by atoms with van der Waals surface area (Å²) in [5.41, 5.74) is 7.90. The predicted octanol–water partition coefficient (Wildman–Crippen LogP) is 3.14. The fourth-order valence-electron chi connectivity index (χ4n) is 2.06. The zero-order valence-electron chi connectivity index (χ0n) is 11.3. The van der Waals surface area contributed by atoms with Gasteiger partial charge in [-0.05, 0) is 43.3 Å². The molecule has 0 atom stereocenters. The van der Waals surface area contributed by atoms with Gasteiger partial charge in [-0.1, -0.05) is 0 Å². The molecule has 1 amide bonds. The van der Waals surface area contributed by atoms with Crippen LogP contribution in [0.3, 0.4) is 0 Å². The molecular weight excluding hydrogens is 286 g/mol. The van der Waals surface area contributed by atoms with Crippen molar-refractivity contribution in [1.82, 2.24) is 4.98 Å². The second-order valence-corrected chi connectivity index (χ2v) is 5.88. The van der Waals surface area contributed by atoms with Gasteiger partial charge in [-0.25, -0.2) is 4.98 Å². The Labute approximate surface area is 125 Å². The molecule has 0 unspecified atom stereocenters. The number of fused-ring (bicyclic) bond motifs is 1. The van der Waals surface area contributed by atoms with Crippen LogP contribution in [0, 0.1) is 6.92 Å². The van der Waals surface area contributed by atoms with Gasteiger partial charge in [0, 0.05) is 11.4 Å². The number of nitrogens with zero attached hydrogens (tertiary/aromatic N) is 1. The van der Waals surface area contributed by atoms with E-state index in [1.54, 1.807) is 17.4 Å². The average molecular weight is 299 g/mol. The van der Waals surface area contributed by atoms with E-state index in [0.29, 0.717) is 11.4 Å². The molecule has 21 heavy (non-hydrogen) atoms. The van der Waals surface area contributed by atoms with Gasteiger partial charge in [-0.2, -0.15) is 0 Å². The number of amides is 1. The Balaban J connectivity index is 1.90. The van der Waals surface area contributed by atoms with E-state index in [4.69, 9.17) is 5.73 Å². The highest BCUT2D eigenvalue weighted by atomic mass is 32.1. The second-order valence-electron chi connectivity index (χ2n) is 4.64. The molecule has 0 aliphatic rings. The van der Waals surface area contributed by atoms with Crippen molar-refractivity contribution in [3.05, 3.63) is 47.0 Å². The van der Waals surface area contributed by atoms with Crippen molar-refractivity contribution in [1.29, 1.82) is 0 Å². The number of nitrogens with two attached hydrogens (primary N) is 1. The molecule has 0 saturated carbocycles. The molecule has 1 heterocycles. The van der Waals surface area contributed by atoms with Gasteiger partial charge < -0.3 is 16.2 Å². The van der Waals surface area contributed by atoms with Crippen LogP contribution in [0.5, 0.6) is 5.75 Å². The number of hydrogen-bond acceptors (Lipinski definition) is 5. The highest BCUT2D eigenvalue weighted by molar-refractivity contribution is 7.18. The highest BCUT2D eigenvalue weighted by Crippen LogP contribution is 2.26. The van der Waals surface area contributed by atoms with Gasteiger partial charge in [-0.3, -0.25) is 4.79 Å². The van der Waals surface area contributed by atoms with Crippen molar-refractivity contribution < 1.29 is 9.90 Å². The molecule has 3 rings (SSSR count). The number of rotatable bonds is 2. The Morgan fingerprint density at radius 3 is 2.90 bits per heavy atom. The third kappa shape index (κ3) is 2.66. The number of carbonyl (C=O) groups is 1. The van der Waals surface area contributed by atoms with Crippen LogP contribution in [0.15, 0.2) is 36.4 Å². The number of anilines is 2. The number of nitrogen functional groups attached to an aromatic ring is 1. The summed E-state index contributed by atoms with van der Waals surface area (Å²) in [7, 11) is 0. The molecule has 1 aromatic heterocycles. The molecular formula is C15H13N3O2S. The third-order valence-electron chi connectivity index (χ3n) is 3.03. The largest absolute Gasteiger partial charge is 0.508 e. The minimum atomic E-state index is -0.357. The quantitative estimate of drug-likeness (QED) is 0.501. The summed E-state index contributed by atoms with van der Waals surface area (Å²) in [5, 5.41) is 13.2. The van der Waals surface area contributed by atoms with Crippen molar-refractivity contribution in [2.45, 2.75) is 6.92 Å². The van der Waals surface area contributed by atoms with Crippen LogP contribution in [-0.4, -0.2) is 16.0 Å². The highest BCUT2D eigenvalue weighted by Gasteiger charge is 2.11. The average Bonchev–Trinajstić information content (AvgIpc) is 2.80. The van der Waals surface area contributed by atoms with E-state index in [-0.39, 0.29) is 17.2 Å². The third-order valence-corrected chi connectivity index (χ3v) is 3.97. The van der Waals surface area contributed by atoms with Gasteiger partial charge in [0.2, 0.25) is 0 Å².